The number of nitrogens with one attached hydrogen (secondary N) is 7. The molecule has 0 saturated carbocycles. The van der Waals surface area contributed by atoms with Gasteiger partial charge in [-0.15, -0.1) is 0 Å². The lowest BCUT2D eigenvalue weighted by atomic mass is 9.86. The number of hydrogen-bond acceptors (Lipinski definition) is 16. The molecule has 2 unspecified atom stereocenters. The Labute approximate surface area is 670 Å². The lowest BCUT2D eigenvalue weighted by Gasteiger charge is -2.43. The van der Waals surface area contributed by atoms with Crippen LogP contribution in [0, 0.1) is 23.7 Å². The van der Waals surface area contributed by atoms with Crippen molar-refractivity contribution in [3.8, 4) is 0 Å². The van der Waals surface area contributed by atoms with Gasteiger partial charge in [0.25, 0.3) is 5.91 Å². The molecule has 3 aliphatic rings. The van der Waals surface area contributed by atoms with Crippen molar-refractivity contribution in [2.75, 3.05) is 61.4 Å². The molecule has 29 nitrogen and oxygen atoms in total. The quantitative estimate of drug-likeness (QED) is 0.0553. The summed E-state index contributed by atoms with van der Waals surface area (Å²) in [6, 6.07) is 19.8. The van der Waals surface area contributed by atoms with Crippen LogP contribution in [-0.4, -0.2) is 257 Å². The largest absolute Gasteiger partial charge is 0.345 e. The first-order valence-corrected chi connectivity index (χ1v) is 39.7. The molecule has 4 aromatic rings. The van der Waals surface area contributed by atoms with Crippen molar-refractivity contribution in [1.82, 2.24) is 71.7 Å². The van der Waals surface area contributed by atoms with Crippen LogP contribution in [0.25, 0.3) is 0 Å². The van der Waals surface area contributed by atoms with Crippen LogP contribution in [0.3, 0.4) is 0 Å². The maximum absolute atomic E-state index is 16.0. The van der Waals surface area contributed by atoms with Crippen molar-refractivity contribution in [3.63, 3.8) is 0 Å². The third kappa shape index (κ3) is 24.3. The zero-order valence-electron chi connectivity index (χ0n) is 69.0. The molecule has 3 aliphatic heterocycles. The van der Waals surface area contributed by atoms with E-state index in [1.54, 1.807) is 173 Å². The Morgan fingerprint density at radius 1 is 0.588 bits per heavy atom. The topological polar surface area (TPSA) is 355 Å². The second-order valence-corrected chi connectivity index (χ2v) is 32.3. The SMILES string of the molecule is CC(C)C[C@H]1C(=O)N[C@@H]2C(=O)N(O[C@@H]2C)[C@@H](Cc2ccccc2)C(=O)NCC(=O)N(C)[C@@](C=O)(CC(C)C)CN(C)C(C(C)C)C(=O)N[C@@H](Cc2ccccc2)C(=O)NC(C(=O)N(C)[C@@H](Cc2ccccc2)C(=O)N(C)[C@@H](Cc2ccccc2)C(=O)N[C@@H](C)C(=O)N2CCCCC2)CC(=O)N[C@@H](C)C(=O)N[C@@H](C(C)C)C(=O)N1C. The summed E-state index contributed by atoms with van der Waals surface area (Å²) in [7, 11) is 7.12. The second-order valence-electron chi connectivity index (χ2n) is 32.3. The Balaban J connectivity index is 1.33. The van der Waals surface area contributed by atoms with E-state index in [9.17, 15) is 47.9 Å². The molecule has 2 bridgehead atoms. The summed E-state index contributed by atoms with van der Waals surface area (Å²) in [5.74, 6) is -11.8. The molecule has 3 heterocycles. The first-order valence-electron chi connectivity index (χ1n) is 39.7. The highest BCUT2D eigenvalue weighted by Gasteiger charge is 2.49. The number of carbonyl (C=O) groups is 14. The number of carbonyl (C=O) groups excluding carboxylic acids is 14. The van der Waals surface area contributed by atoms with E-state index in [0.29, 0.717) is 41.6 Å². The van der Waals surface area contributed by atoms with Gasteiger partial charge in [0.2, 0.25) is 70.9 Å². The Kier molecular flexibility index (Phi) is 33.5. The summed E-state index contributed by atoms with van der Waals surface area (Å²) in [6.45, 7) is 18.7. The molecule has 3 fully saturated rings. The molecular weight excluding hydrogens is 1460 g/mol. The molecule has 4 aromatic carbocycles. The first kappa shape index (κ1) is 90.8. The minimum atomic E-state index is -1.90. The van der Waals surface area contributed by atoms with Gasteiger partial charge >= 0.3 is 0 Å². The molecule has 0 spiro atoms. The third-order valence-corrected chi connectivity index (χ3v) is 21.6. The highest BCUT2D eigenvalue weighted by atomic mass is 16.7. The molecule has 0 radical (unpaired) electrons. The zero-order valence-corrected chi connectivity index (χ0v) is 69.0. The van der Waals surface area contributed by atoms with Gasteiger partial charge in [-0.05, 0) is 106 Å². The summed E-state index contributed by atoms with van der Waals surface area (Å²) < 4.78 is 0. The van der Waals surface area contributed by atoms with Gasteiger partial charge in [0, 0.05) is 73.5 Å². The molecular formula is C85H120N14O15. The molecule has 7 rings (SSSR count). The van der Waals surface area contributed by atoms with Crippen LogP contribution in [0.1, 0.15) is 137 Å². The summed E-state index contributed by atoms with van der Waals surface area (Å²) in [4.78, 5) is 223. The van der Waals surface area contributed by atoms with Gasteiger partial charge in [0.05, 0.1) is 19.0 Å². The van der Waals surface area contributed by atoms with Crippen molar-refractivity contribution in [3.05, 3.63) is 144 Å². The Hall–Kier alpha value is -10.4. The van der Waals surface area contributed by atoms with E-state index in [0.717, 1.165) is 29.2 Å². The van der Waals surface area contributed by atoms with Gasteiger partial charge in [-0.1, -0.05) is 177 Å². The number of likely N-dealkylation sites (tertiary alicyclic amines) is 1. The van der Waals surface area contributed by atoms with E-state index < -0.39 is 174 Å². The molecule has 13 amide bonds. The lowest BCUT2D eigenvalue weighted by Crippen LogP contribution is -2.63. The van der Waals surface area contributed by atoms with Crippen LogP contribution in [0.5, 0.6) is 0 Å². The number of likely N-dealkylation sites (N-methyl/N-ethyl adjacent to an activating group) is 5. The fraction of sp³-hybridized carbons (Fsp3) is 0.553. The van der Waals surface area contributed by atoms with Crippen molar-refractivity contribution >= 4 is 83.1 Å². The predicted octanol–water partition coefficient (Wildman–Crippen LogP) is 3.55. The maximum atomic E-state index is 16.0. The minimum absolute atomic E-state index is 0.0251. The summed E-state index contributed by atoms with van der Waals surface area (Å²) in [5, 5.41) is 20.3. The normalized spacial score (nSPS) is 24.3. The van der Waals surface area contributed by atoms with Crippen molar-refractivity contribution in [1.29, 1.82) is 0 Å². The highest BCUT2D eigenvalue weighted by molar-refractivity contribution is 6.01. The lowest BCUT2D eigenvalue weighted by molar-refractivity contribution is -0.189. The molecule has 13 atom stereocenters. The van der Waals surface area contributed by atoms with Crippen molar-refractivity contribution < 1.29 is 72.0 Å². The fourth-order valence-electron chi connectivity index (χ4n) is 15.2. The summed E-state index contributed by atoms with van der Waals surface area (Å²) >= 11 is 0. The summed E-state index contributed by atoms with van der Waals surface area (Å²) in [5.41, 5.74) is 0.705. The average Bonchev–Trinajstić information content (AvgIpc) is 1.04. The number of nitrogens with zero attached hydrogens (tertiary/aromatic N) is 7. The van der Waals surface area contributed by atoms with E-state index in [2.05, 4.69) is 37.2 Å². The molecule has 7 N–H and O–H groups in total. The van der Waals surface area contributed by atoms with Crippen LogP contribution < -0.4 is 37.2 Å². The third-order valence-electron chi connectivity index (χ3n) is 21.6. The second kappa shape index (κ2) is 42.1. The molecule has 29 heteroatoms. The maximum Gasteiger partial charge on any atom is 0.272 e. The van der Waals surface area contributed by atoms with Crippen molar-refractivity contribution in [2.45, 2.75) is 218 Å². The number of hydroxylamine groups is 2. The van der Waals surface area contributed by atoms with E-state index in [1.807, 2.05) is 27.7 Å². The zero-order chi connectivity index (χ0) is 84.0. The van der Waals surface area contributed by atoms with E-state index >= 15 is 19.2 Å². The standard InChI is InChI=1S/C85H120N14O15/c1-52(2)42-65-78(107)92-72-58(11)114-99(84(72)113)67(45-61-36-26-19-27-37-61)76(105)86-49-70(102)97(16)85(51-100,48-53(3)4)50-93(12)73(55(7)8)79(108)89-63(43-59-32-22-17-23-33-59)75(104)90-64(47-69(101)87-56(9)74(103)91-71(54(5)6)83(112)95(65)14)81(110)96(15)68(46-62-38-28-20-29-39-62)82(111)94(13)66(44-60-34-24-18-25-35-60)77(106)88-57(10)80(109)98-40-30-21-31-41-98/h17-20,22-29,32-39,51-58,63-68,71-73H,21,30-31,40-50H2,1-16H3,(H,86,105)(H,87,101)(H,88,106)(H,89,108)(H,90,104)(H,91,103)(H,92,107)/t56-,57-,58+,63-,64?,65-,66-,67-,68-,71-,72-,73?,85-/m0/s1. The van der Waals surface area contributed by atoms with E-state index in [4.69, 9.17) is 4.84 Å². The molecule has 0 aromatic heterocycles. The minimum Gasteiger partial charge on any atom is -0.345 e. The fourth-order valence-corrected chi connectivity index (χ4v) is 15.2. The predicted molar refractivity (Wildman–Crippen MR) is 429 cm³/mol. The Morgan fingerprint density at radius 3 is 1.66 bits per heavy atom. The smallest absolute Gasteiger partial charge is 0.272 e. The summed E-state index contributed by atoms with van der Waals surface area (Å²) in [6.07, 6.45) is 0.833. The van der Waals surface area contributed by atoms with Crippen molar-refractivity contribution in [2.24, 2.45) is 23.7 Å². The van der Waals surface area contributed by atoms with E-state index in [1.165, 1.54) is 56.7 Å². The highest BCUT2D eigenvalue weighted by Crippen LogP contribution is 2.28. The molecule has 114 heavy (non-hydrogen) atoms. The number of aldehydes is 1. The molecule has 620 valence electrons. The van der Waals surface area contributed by atoms with Gasteiger partial charge in [0.15, 0.2) is 0 Å². The Morgan fingerprint density at radius 2 is 1.13 bits per heavy atom. The number of rotatable bonds is 22. The first-order chi connectivity index (χ1) is 54.0. The van der Waals surface area contributed by atoms with E-state index in [-0.39, 0.29) is 62.8 Å². The Bertz CT molecular complexity index is 3980. The number of fused-ring (bicyclic) bond motifs is 2. The number of piperidine rings is 1. The van der Waals surface area contributed by atoms with Gasteiger partial charge in [-0.3, -0.25) is 72.1 Å². The van der Waals surface area contributed by atoms with Crippen LogP contribution in [-0.2, 0) is 97.6 Å². The molecule has 0 aliphatic carbocycles. The number of hydrogen-bond donors (Lipinski definition) is 7. The van der Waals surface area contributed by atoms with Crippen LogP contribution in [0.4, 0.5) is 0 Å². The monoisotopic (exact) mass is 1580 g/mol. The van der Waals surface area contributed by atoms with Crippen LogP contribution in [0.15, 0.2) is 121 Å². The van der Waals surface area contributed by atoms with Gasteiger partial charge < -0.3 is 66.5 Å². The molecule has 3 saturated heterocycles. The average molecular weight is 1580 g/mol. The van der Waals surface area contributed by atoms with Crippen LogP contribution >= 0.6 is 0 Å². The number of benzene rings is 4. The van der Waals surface area contributed by atoms with Gasteiger partial charge in [0.1, 0.15) is 78.3 Å². The number of amides is 13. The van der Waals surface area contributed by atoms with Crippen LogP contribution in [0.2, 0.25) is 0 Å². The van der Waals surface area contributed by atoms with Gasteiger partial charge in [-0.25, -0.2) is 5.06 Å². The van der Waals surface area contributed by atoms with Gasteiger partial charge in [-0.2, -0.15) is 0 Å².